The lowest BCUT2D eigenvalue weighted by Gasteiger charge is -2.23. The molecule has 3 aliphatic rings. The number of aromatic nitrogens is 2. The molecule has 0 unspecified atom stereocenters. The first-order valence-electron chi connectivity index (χ1n) is 7.28. The van der Waals surface area contributed by atoms with Gasteiger partial charge in [-0.2, -0.15) is 8.78 Å². The van der Waals surface area contributed by atoms with E-state index in [2.05, 4.69) is 9.97 Å². The maximum atomic E-state index is 13.8. The number of aliphatic carboxylic acids is 1. The molecule has 1 aromatic rings. The summed E-state index contributed by atoms with van der Waals surface area (Å²) in [5.41, 5.74) is 0.246. The van der Waals surface area contributed by atoms with Crippen molar-refractivity contribution >= 4 is 23.4 Å². The van der Waals surface area contributed by atoms with Gasteiger partial charge in [-0.05, 0) is 35.8 Å². The number of carbonyl (C=O) groups is 1. The third-order valence-corrected chi connectivity index (χ3v) is 5.24. The van der Waals surface area contributed by atoms with Crippen LogP contribution in [0.1, 0.15) is 24.1 Å². The van der Waals surface area contributed by atoms with Crippen LogP contribution in [-0.4, -0.2) is 34.1 Å². The molecule has 0 bridgehead atoms. The third kappa shape index (κ3) is 2.06. The molecular formula is C14H14ClF2N3O2. The fourth-order valence-corrected chi connectivity index (χ4v) is 4.13. The zero-order valence-electron chi connectivity index (χ0n) is 11.6. The SMILES string of the molecule is O=C(O)C[C@H]1[C@H]2CN(c3nc(Cl)nc4c3CCC4(F)F)C[C@@H]12. The zero-order chi connectivity index (χ0) is 15.6. The summed E-state index contributed by atoms with van der Waals surface area (Å²) in [6.07, 6.45) is 0.176. The number of rotatable bonds is 3. The van der Waals surface area contributed by atoms with E-state index >= 15 is 0 Å². The van der Waals surface area contributed by atoms with E-state index in [1.54, 1.807) is 0 Å². The topological polar surface area (TPSA) is 66.3 Å². The van der Waals surface area contributed by atoms with E-state index in [0.29, 0.717) is 36.3 Å². The minimum atomic E-state index is -2.94. The van der Waals surface area contributed by atoms with Crippen LogP contribution in [0.4, 0.5) is 14.6 Å². The van der Waals surface area contributed by atoms with Gasteiger partial charge in [0.1, 0.15) is 11.5 Å². The Hall–Kier alpha value is -1.50. The summed E-state index contributed by atoms with van der Waals surface area (Å²) >= 11 is 5.82. The Morgan fingerprint density at radius 2 is 2.05 bits per heavy atom. The second kappa shape index (κ2) is 4.50. The van der Waals surface area contributed by atoms with Crippen LogP contribution in [-0.2, 0) is 17.1 Å². The lowest BCUT2D eigenvalue weighted by atomic mass is 10.1. The van der Waals surface area contributed by atoms with Crippen LogP contribution in [0.2, 0.25) is 5.28 Å². The summed E-state index contributed by atoms with van der Waals surface area (Å²) in [6.45, 7) is 1.32. The number of nitrogens with zero attached hydrogens (tertiary/aromatic N) is 3. The molecule has 0 amide bonds. The van der Waals surface area contributed by atoms with Gasteiger partial charge in [0.15, 0.2) is 0 Å². The van der Waals surface area contributed by atoms with Crippen LogP contribution in [0.25, 0.3) is 0 Å². The number of carboxylic acids is 1. The molecule has 4 rings (SSSR count). The fourth-order valence-electron chi connectivity index (χ4n) is 3.97. The van der Waals surface area contributed by atoms with Crippen molar-refractivity contribution < 1.29 is 18.7 Å². The molecular weight excluding hydrogens is 316 g/mol. The van der Waals surface area contributed by atoms with Gasteiger partial charge in [-0.3, -0.25) is 4.79 Å². The van der Waals surface area contributed by atoms with E-state index in [0.717, 1.165) is 0 Å². The number of alkyl halides is 2. The highest BCUT2D eigenvalue weighted by Crippen LogP contribution is 2.55. The minimum absolute atomic E-state index is 0.155. The second-order valence-electron chi connectivity index (χ2n) is 6.34. The van der Waals surface area contributed by atoms with E-state index in [1.807, 2.05) is 4.90 Å². The summed E-state index contributed by atoms with van der Waals surface area (Å²) in [4.78, 5) is 20.6. The Balaban J connectivity index is 1.58. The molecule has 1 aromatic heterocycles. The average Bonchev–Trinajstić information content (AvgIpc) is 2.81. The number of fused-ring (bicyclic) bond motifs is 2. The molecule has 0 spiro atoms. The minimum Gasteiger partial charge on any atom is -0.481 e. The van der Waals surface area contributed by atoms with Gasteiger partial charge < -0.3 is 10.0 Å². The lowest BCUT2D eigenvalue weighted by molar-refractivity contribution is -0.137. The molecule has 5 nitrogen and oxygen atoms in total. The van der Waals surface area contributed by atoms with Crippen molar-refractivity contribution in [1.29, 1.82) is 0 Å². The highest BCUT2D eigenvalue weighted by Gasteiger charge is 2.57. The van der Waals surface area contributed by atoms with Crippen molar-refractivity contribution in [3.05, 3.63) is 16.5 Å². The molecule has 1 saturated carbocycles. The highest BCUT2D eigenvalue weighted by atomic mass is 35.5. The Labute approximate surface area is 130 Å². The predicted octanol–water partition coefficient (Wildman–Crippen LogP) is 2.32. The van der Waals surface area contributed by atoms with Crippen LogP contribution in [0.5, 0.6) is 0 Å². The summed E-state index contributed by atoms with van der Waals surface area (Å²) in [5, 5.41) is 8.69. The Bertz CT molecular complexity index is 658. The number of halogens is 3. The lowest BCUT2D eigenvalue weighted by Crippen LogP contribution is -2.27. The van der Waals surface area contributed by atoms with Crippen molar-refractivity contribution in [3.63, 3.8) is 0 Å². The highest BCUT2D eigenvalue weighted by molar-refractivity contribution is 6.28. The Morgan fingerprint density at radius 3 is 2.68 bits per heavy atom. The Morgan fingerprint density at radius 1 is 1.36 bits per heavy atom. The van der Waals surface area contributed by atoms with Gasteiger partial charge in [-0.25, -0.2) is 9.97 Å². The van der Waals surface area contributed by atoms with Gasteiger partial charge in [0.2, 0.25) is 5.28 Å². The Kier molecular flexibility index (Phi) is 2.89. The molecule has 118 valence electrons. The van der Waals surface area contributed by atoms with Gasteiger partial charge in [0.25, 0.3) is 5.92 Å². The molecule has 8 heteroatoms. The molecule has 1 saturated heterocycles. The molecule has 2 fully saturated rings. The quantitative estimate of drug-likeness (QED) is 0.862. The monoisotopic (exact) mass is 329 g/mol. The van der Waals surface area contributed by atoms with Crippen molar-refractivity contribution in [2.24, 2.45) is 17.8 Å². The number of anilines is 1. The zero-order valence-corrected chi connectivity index (χ0v) is 12.4. The van der Waals surface area contributed by atoms with Crippen LogP contribution >= 0.6 is 11.6 Å². The molecule has 1 aliphatic heterocycles. The molecule has 2 aliphatic carbocycles. The number of piperidine rings is 1. The normalized spacial score (nSPS) is 31.0. The van der Waals surface area contributed by atoms with Gasteiger partial charge in [0, 0.05) is 31.5 Å². The molecule has 0 aromatic carbocycles. The van der Waals surface area contributed by atoms with Crippen LogP contribution < -0.4 is 4.90 Å². The standard InChI is InChI=1S/C14H14ClF2N3O2/c15-13-18-11-6(1-2-14(11,16)17)12(19-13)20-4-8-7(3-10(21)22)9(8)5-20/h7-9H,1-5H2,(H,21,22)/t7-,8+,9-. The first kappa shape index (κ1) is 14.1. The first-order chi connectivity index (χ1) is 10.4. The summed E-state index contributed by atoms with van der Waals surface area (Å²) < 4.78 is 27.7. The van der Waals surface area contributed by atoms with Crippen LogP contribution in [0.3, 0.4) is 0 Å². The fraction of sp³-hybridized carbons (Fsp3) is 0.643. The molecule has 1 N–H and O–H groups in total. The molecule has 2 heterocycles. The van der Waals surface area contributed by atoms with E-state index in [4.69, 9.17) is 16.7 Å². The summed E-state index contributed by atoms with van der Waals surface area (Å²) in [5.74, 6) is -2.36. The maximum absolute atomic E-state index is 13.8. The van der Waals surface area contributed by atoms with Crippen molar-refractivity contribution in [2.75, 3.05) is 18.0 Å². The van der Waals surface area contributed by atoms with Crippen molar-refractivity contribution in [2.45, 2.75) is 25.2 Å². The largest absolute Gasteiger partial charge is 0.481 e. The predicted molar refractivity (Wildman–Crippen MR) is 74.2 cm³/mol. The number of hydrogen-bond donors (Lipinski definition) is 1. The van der Waals surface area contributed by atoms with Crippen molar-refractivity contribution in [1.82, 2.24) is 9.97 Å². The van der Waals surface area contributed by atoms with E-state index in [1.165, 1.54) is 0 Å². The van der Waals surface area contributed by atoms with E-state index in [-0.39, 0.29) is 36.2 Å². The van der Waals surface area contributed by atoms with Gasteiger partial charge in [-0.1, -0.05) is 0 Å². The maximum Gasteiger partial charge on any atom is 0.303 e. The summed E-state index contributed by atoms with van der Waals surface area (Å²) in [6, 6.07) is 0. The van der Waals surface area contributed by atoms with Gasteiger partial charge in [-0.15, -0.1) is 0 Å². The smallest absolute Gasteiger partial charge is 0.303 e. The molecule has 0 radical (unpaired) electrons. The number of carboxylic acid groups (broad SMARTS) is 1. The third-order valence-electron chi connectivity index (χ3n) is 5.07. The van der Waals surface area contributed by atoms with E-state index < -0.39 is 11.9 Å². The van der Waals surface area contributed by atoms with Crippen LogP contribution in [0, 0.1) is 17.8 Å². The van der Waals surface area contributed by atoms with Crippen molar-refractivity contribution in [3.8, 4) is 0 Å². The first-order valence-corrected chi connectivity index (χ1v) is 7.66. The van der Waals surface area contributed by atoms with E-state index in [9.17, 15) is 13.6 Å². The average molecular weight is 330 g/mol. The van der Waals surface area contributed by atoms with Gasteiger partial charge in [0.05, 0.1) is 0 Å². The molecule has 3 atom stereocenters. The number of hydrogen-bond acceptors (Lipinski definition) is 4. The van der Waals surface area contributed by atoms with Crippen LogP contribution in [0.15, 0.2) is 0 Å². The summed E-state index contributed by atoms with van der Waals surface area (Å²) in [7, 11) is 0. The second-order valence-corrected chi connectivity index (χ2v) is 6.68. The molecule has 22 heavy (non-hydrogen) atoms. The van der Waals surface area contributed by atoms with Gasteiger partial charge >= 0.3 is 5.97 Å².